The zero-order chi connectivity index (χ0) is 13.5. The molecule has 0 aromatic heterocycles. The molecule has 0 saturated carbocycles. The van der Waals surface area contributed by atoms with Gasteiger partial charge in [-0.2, -0.15) is 0 Å². The van der Waals surface area contributed by atoms with Crippen molar-refractivity contribution in [3.8, 4) is 11.5 Å². The van der Waals surface area contributed by atoms with Gasteiger partial charge in [-0.3, -0.25) is 0 Å². The van der Waals surface area contributed by atoms with E-state index in [1.165, 1.54) is 0 Å². The van der Waals surface area contributed by atoms with Crippen molar-refractivity contribution >= 4 is 0 Å². The maximum atomic E-state index is 8.98. The van der Waals surface area contributed by atoms with Crippen LogP contribution in [-0.4, -0.2) is 44.9 Å². The van der Waals surface area contributed by atoms with Gasteiger partial charge in [0, 0.05) is 24.3 Å². The molecule has 0 heterocycles. The molecule has 0 aliphatic carbocycles. The van der Waals surface area contributed by atoms with Gasteiger partial charge in [-0.05, 0) is 33.0 Å². The highest BCUT2D eigenvalue weighted by atomic mass is 16.5. The average Bonchev–Trinajstić information content (AvgIpc) is 2.38. The molecule has 102 valence electrons. The smallest absolute Gasteiger partial charge is 0.127 e. The Hall–Kier alpha value is -1.26. The van der Waals surface area contributed by atoms with Gasteiger partial charge in [0.25, 0.3) is 0 Å². The van der Waals surface area contributed by atoms with Crippen LogP contribution in [0.25, 0.3) is 0 Å². The van der Waals surface area contributed by atoms with Crippen molar-refractivity contribution in [1.82, 2.24) is 4.90 Å². The van der Waals surface area contributed by atoms with Crippen molar-refractivity contribution in [2.75, 3.05) is 34.9 Å². The lowest BCUT2D eigenvalue weighted by molar-refractivity contribution is 0.231. The summed E-state index contributed by atoms with van der Waals surface area (Å²) in [5.74, 6) is 1.61. The molecule has 18 heavy (non-hydrogen) atoms. The number of ether oxygens (including phenoxy) is 2. The molecule has 0 amide bonds. The summed E-state index contributed by atoms with van der Waals surface area (Å²) in [5, 5.41) is 8.98. The molecule has 1 atom stereocenters. The van der Waals surface area contributed by atoms with E-state index in [9.17, 15) is 0 Å². The summed E-state index contributed by atoms with van der Waals surface area (Å²) in [5.41, 5.74) is 1.12. The first-order chi connectivity index (χ1) is 8.63. The van der Waals surface area contributed by atoms with E-state index in [2.05, 4.69) is 4.90 Å². The van der Waals surface area contributed by atoms with Gasteiger partial charge in [0.1, 0.15) is 11.5 Å². The van der Waals surface area contributed by atoms with Gasteiger partial charge in [0.15, 0.2) is 0 Å². The van der Waals surface area contributed by atoms with Crippen LogP contribution >= 0.6 is 0 Å². The Morgan fingerprint density at radius 3 is 2.44 bits per heavy atom. The van der Waals surface area contributed by atoms with Gasteiger partial charge in [0.05, 0.1) is 14.2 Å². The van der Waals surface area contributed by atoms with Gasteiger partial charge >= 0.3 is 0 Å². The van der Waals surface area contributed by atoms with Crippen LogP contribution in [0.5, 0.6) is 11.5 Å². The fourth-order valence-corrected chi connectivity index (χ4v) is 2.07. The third-order valence-corrected chi connectivity index (χ3v) is 3.06. The molecule has 0 radical (unpaired) electrons. The van der Waals surface area contributed by atoms with Crippen LogP contribution in [0.4, 0.5) is 0 Å². The van der Waals surface area contributed by atoms with Gasteiger partial charge in [-0.15, -0.1) is 0 Å². The van der Waals surface area contributed by atoms with Crippen LogP contribution in [0.2, 0.25) is 0 Å². The molecule has 1 aromatic rings. The molecule has 4 nitrogen and oxygen atoms in total. The van der Waals surface area contributed by atoms with Crippen LogP contribution in [-0.2, 0) is 0 Å². The first kappa shape index (κ1) is 14.8. The predicted octanol–water partition coefficient (Wildman–Crippen LogP) is 2.08. The lowest BCUT2D eigenvalue weighted by atomic mass is 10.00. The molecule has 4 heteroatoms. The van der Waals surface area contributed by atoms with Crippen LogP contribution in [0.3, 0.4) is 0 Å². The zero-order valence-corrected chi connectivity index (χ0v) is 11.6. The van der Waals surface area contributed by atoms with E-state index >= 15 is 0 Å². The fourth-order valence-electron chi connectivity index (χ4n) is 2.07. The summed E-state index contributed by atoms with van der Waals surface area (Å²) in [4.78, 5) is 2.14. The van der Waals surface area contributed by atoms with Crippen molar-refractivity contribution in [3.63, 3.8) is 0 Å². The summed E-state index contributed by atoms with van der Waals surface area (Å²) >= 11 is 0. The van der Waals surface area contributed by atoms with E-state index in [-0.39, 0.29) is 12.6 Å². The SMILES string of the molecule is COc1ccc(C(CCCO)N(C)C)c(OC)c1. The lowest BCUT2D eigenvalue weighted by Gasteiger charge is -2.26. The van der Waals surface area contributed by atoms with Gasteiger partial charge in [-0.25, -0.2) is 0 Å². The second kappa shape index (κ2) is 7.24. The quantitative estimate of drug-likeness (QED) is 0.808. The van der Waals surface area contributed by atoms with E-state index in [1.54, 1.807) is 14.2 Å². The Balaban J connectivity index is 3.02. The van der Waals surface area contributed by atoms with Crippen LogP contribution in [0, 0.1) is 0 Å². The van der Waals surface area contributed by atoms with Gasteiger partial charge in [0.2, 0.25) is 0 Å². The normalized spacial score (nSPS) is 12.6. The summed E-state index contributed by atoms with van der Waals surface area (Å²) in [7, 11) is 7.37. The number of methoxy groups -OCH3 is 2. The van der Waals surface area contributed by atoms with Crippen LogP contribution < -0.4 is 9.47 Å². The van der Waals surface area contributed by atoms with E-state index in [0.29, 0.717) is 0 Å². The largest absolute Gasteiger partial charge is 0.497 e. The topological polar surface area (TPSA) is 41.9 Å². The van der Waals surface area contributed by atoms with Crippen LogP contribution in [0.15, 0.2) is 18.2 Å². The Morgan fingerprint density at radius 1 is 1.22 bits per heavy atom. The zero-order valence-electron chi connectivity index (χ0n) is 11.6. The molecule has 1 rings (SSSR count). The molecule has 0 aliphatic heterocycles. The Labute approximate surface area is 109 Å². The maximum absolute atomic E-state index is 8.98. The number of hydrogen-bond acceptors (Lipinski definition) is 4. The van der Waals surface area contributed by atoms with Crippen molar-refractivity contribution in [2.45, 2.75) is 18.9 Å². The predicted molar refractivity (Wildman–Crippen MR) is 72.3 cm³/mol. The first-order valence-corrected chi connectivity index (χ1v) is 6.13. The second-order valence-corrected chi connectivity index (χ2v) is 4.45. The summed E-state index contributed by atoms with van der Waals surface area (Å²) in [6.45, 7) is 0.211. The molecule has 0 spiro atoms. The number of aliphatic hydroxyl groups excluding tert-OH is 1. The van der Waals surface area contributed by atoms with E-state index in [0.717, 1.165) is 29.9 Å². The molecule has 0 aliphatic rings. The molecule has 1 aromatic carbocycles. The minimum atomic E-state index is 0.211. The number of benzene rings is 1. The molecular formula is C14H23NO3. The highest BCUT2D eigenvalue weighted by Crippen LogP contribution is 2.33. The van der Waals surface area contributed by atoms with Crippen molar-refractivity contribution in [1.29, 1.82) is 0 Å². The molecule has 0 saturated heterocycles. The number of rotatable bonds is 7. The fraction of sp³-hybridized carbons (Fsp3) is 0.571. The molecule has 0 fully saturated rings. The Morgan fingerprint density at radius 2 is 1.94 bits per heavy atom. The molecule has 1 unspecified atom stereocenters. The monoisotopic (exact) mass is 253 g/mol. The molecule has 0 bridgehead atoms. The molecule has 1 N–H and O–H groups in total. The van der Waals surface area contributed by atoms with E-state index < -0.39 is 0 Å². The van der Waals surface area contributed by atoms with Crippen molar-refractivity contribution in [3.05, 3.63) is 23.8 Å². The van der Waals surface area contributed by atoms with Crippen molar-refractivity contribution < 1.29 is 14.6 Å². The number of nitrogens with zero attached hydrogens (tertiary/aromatic N) is 1. The summed E-state index contributed by atoms with van der Waals surface area (Å²) in [6.07, 6.45) is 1.67. The average molecular weight is 253 g/mol. The number of aliphatic hydroxyl groups is 1. The minimum Gasteiger partial charge on any atom is -0.497 e. The summed E-state index contributed by atoms with van der Waals surface area (Å²) < 4.78 is 10.6. The van der Waals surface area contributed by atoms with E-state index in [4.69, 9.17) is 14.6 Å². The highest BCUT2D eigenvalue weighted by molar-refractivity contribution is 5.42. The summed E-state index contributed by atoms with van der Waals surface area (Å²) in [6, 6.07) is 6.09. The van der Waals surface area contributed by atoms with Gasteiger partial charge in [-0.1, -0.05) is 6.07 Å². The van der Waals surface area contributed by atoms with E-state index in [1.807, 2.05) is 32.3 Å². The Kier molecular flexibility index (Phi) is 5.95. The second-order valence-electron chi connectivity index (χ2n) is 4.45. The van der Waals surface area contributed by atoms with Gasteiger partial charge < -0.3 is 19.5 Å². The number of hydrogen-bond donors (Lipinski definition) is 1. The van der Waals surface area contributed by atoms with Crippen molar-refractivity contribution in [2.24, 2.45) is 0 Å². The maximum Gasteiger partial charge on any atom is 0.127 e. The molecular weight excluding hydrogens is 230 g/mol. The Bertz CT molecular complexity index is 366. The first-order valence-electron chi connectivity index (χ1n) is 6.13. The minimum absolute atomic E-state index is 0.211. The highest BCUT2D eigenvalue weighted by Gasteiger charge is 2.18. The third kappa shape index (κ3) is 3.62. The van der Waals surface area contributed by atoms with Crippen LogP contribution in [0.1, 0.15) is 24.4 Å². The standard InChI is InChI=1S/C14H23NO3/c1-15(2)13(6-5-9-16)12-8-7-11(17-3)10-14(12)18-4/h7-8,10,13,16H,5-6,9H2,1-4H3. The lowest BCUT2D eigenvalue weighted by Crippen LogP contribution is -2.21. The third-order valence-electron chi connectivity index (χ3n) is 3.06.